The van der Waals surface area contributed by atoms with E-state index < -0.39 is 0 Å². The summed E-state index contributed by atoms with van der Waals surface area (Å²) in [5, 5.41) is 8.00. The minimum atomic E-state index is 0.602. The summed E-state index contributed by atoms with van der Waals surface area (Å²) in [4.78, 5) is 0. The second kappa shape index (κ2) is 4.65. The first-order chi connectivity index (χ1) is 5.79. The van der Waals surface area contributed by atoms with Crippen molar-refractivity contribution in [3.05, 3.63) is 17.5 Å². The van der Waals surface area contributed by atoms with Crippen LogP contribution in [0.1, 0.15) is 43.9 Å². The topological polar surface area (TPSA) is 28.7 Å². The lowest BCUT2D eigenvalue weighted by Gasteiger charge is -2.08. The van der Waals surface area contributed by atoms with Gasteiger partial charge in [0.25, 0.3) is 0 Å². The minimum absolute atomic E-state index is 0.602. The zero-order valence-corrected chi connectivity index (χ0v) is 9.19. The molecule has 0 radical (unpaired) electrons. The molecular formula is C9H15BrN2. The molecule has 12 heavy (non-hydrogen) atoms. The summed E-state index contributed by atoms with van der Waals surface area (Å²) in [7, 11) is 0. The third-order valence-electron chi connectivity index (χ3n) is 2.11. The highest BCUT2D eigenvalue weighted by Crippen LogP contribution is 2.22. The summed E-state index contributed by atoms with van der Waals surface area (Å²) in [6, 6.07) is 0. The Bertz CT molecular complexity index is 232. The first kappa shape index (κ1) is 9.78. The summed E-state index contributed by atoms with van der Waals surface area (Å²) in [5.41, 5.74) is 2.57. The quantitative estimate of drug-likeness (QED) is 0.792. The molecule has 0 fully saturated rings. The van der Waals surface area contributed by atoms with Gasteiger partial charge in [-0.1, -0.05) is 36.2 Å². The summed E-state index contributed by atoms with van der Waals surface area (Å²) < 4.78 is 0. The van der Waals surface area contributed by atoms with Crippen LogP contribution in [0.15, 0.2) is 6.20 Å². The van der Waals surface area contributed by atoms with Crippen LogP contribution < -0.4 is 0 Å². The molecule has 68 valence electrons. The number of H-pyrrole nitrogens is 1. The van der Waals surface area contributed by atoms with Gasteiger partial charge in [0, 0.05) is 16.6 Å². The van der Waals surface area contributed by atoms with Crippen LogP contribution in [0, 0.1) is 0 Å². The molecule has 0 amide bonds. The van der Waals surface area contributed by atoms with Gasteiger partial charge in [-0.15, -0.1) is 0 Å². The molecule has 0 saturated heterocycles. The Balaban J connectivity index is 2.71. The lowest BCUT2D eigenvalue weighted by Crippen LogP contribution is -1.96. The van der Waals surface area contributed by atoms with E-state index in [0.29, 0.717) is 5.92 Å². The van der Waals surface area contributed by atoms with E-state index in [9.17, 15) is 0 Å². The molecule has 1 aromatic rings. The number of halogens is 1. The molecular weight excluding hydrogens is 216 g/mol. The fourth-order valence-corrected chi connectivity index (χ4v) is 1.88. The number of nitrogens with one attached hydrogen (secondary N) is 1. The van der Waals surface area contributed by atoms with Crippen LogP contribution in [-0.2, 0) is 5.33 Å². The number of hydrogen-bond acceptors (Lipinski definition) is 1. The van der Waals surface area contributed by atoms with Gasteiger partial charge in [-0.3, -0.25) is 5.10 Å². The molecule has 0 aliphatic rings. The molecule has 1 N–H and O–H groups in total. The van der Waals surface area contributed by atoms with E-state index in [2.05, 4.69) is 40.0 Å². The summed E-state index contributed by atoms with van der Waals surface area (Å²) in [6.45, 7) is 4.45. The van der Waals surface area contributed by atoms with E-state index in [1.165, 1.54) is 24.1 Å². The SMILES string of the molecule is CCCC(C)c1[nH]ncc1CBr. The Morgan fingerprint density at radius 3 is 3.00 bits per heavy atom. The number of rotatable bonds is 4. The van der Waals surface area contributed by atoms with Crippen molar-refractivity contribution in [2.45, 2.75) is 37.9 Å². The van der Waals surface area contributed by atoms with Crippen LogP contribution >= 0.6 is 15.9 Å². The number of nitrogens with zero attached hydrogens (tertiary/aromatic N) is 1. The van der Waals surface area contributed by atoms with Gasteiger partial charge in [0.2, 0.25) is 0 Å². The molecule has 3 heteroatoms. The first-order valence-electron chi connectivity index (χ1n) is 4.37. The van der Waals surface area contributed by atoms with Crippen molar-refractivity contribution in [2.75, 3.05) is 0 Å². The van der Waals surface area contributed by atoms with Gasteiger partial charge in [0.05, 0.1) is 6.20 Å². The van der Waals surface area contributed by atoms with Crippen molar-refractivity contribution < 1.29 is 0 Å². The highest BCUT2D eigenvalue weighted by molar-refractivity contribution is 9.08. The molecule has 0 aromatic carbocycles. The normalized spacial score (nSPS) is 13.2. The lowest BCUT2D eigenvalue weighted by molar-refractivity contribution is 0.641. The molecule has 0 aliphatic carbocycles. The van der Waals surface area contributed by atoms with Crippen LogP contribution in [0.5, 0.6) is 0 Å². The lowest BCUT2D eigenvalue weighted by atomic mass is 10.00. The summed E-state index contributed by atoms with van der Waals surface area (Å²) >= 11 is 3.45. The molecule has 1 aromatic heterocycles. The maximum atomic E-state index is 4.04. The van der Waals surface area contributed by atoms with Gasteiger partial charge in [-0.2, -0.15) is 5.10 Å². The molecule has 0 bridgehead atoms. The highest BCUT2D eigenvalue weighted by Gasteiger charge is 2.10. The van der Waals surface area contributed by atoms with Crippen molar-refractivity contribution in [3.8, 4) is 0 Å². The molecule has 0 spiro atoms. The fourth-order valence-electron chi connectivity index (χ4n) is 1.43. The van der Waals surface area contributed by atoms with Gasteiger partial charge in [0.15, 0.2) is 0 Å². The highest BCUT2D eigenvalue weighted by atomic mass is 79.9. The number of aromatic amines is 1. The van der Waals surface area contributed by atoms with Crippen molar-refractivity contribution in [1.29, 1.82) is 0 Å². The monoisotopic (exact) mass is 230 g/mol. The maximum Gasteiger partial charge on any atom is 0.0530 e. The van der Waals surface area contributed by atoms with Gasteiger partial charge in [-0.25, -0.2) is 0 Å². The predicted molar refractivity (Wildman–Crippen MR) is 54.5 cm³/mol. The molecule has 0 aliphatic heterocycles. The van der Waals surface area contributed by atoms with E-state index in [4.69, 9.17) is 0 Å². The number of alkyl halides is 1. The van der Waals surface area contributed by atoms with Gasteiger partial charge in [-0.05, 0) is 12.3 Å². The van der Waals surface area contributed by atoms with E-state index in [0.717, 1.165) is 5.33 Å². The van der Waals surface area contributed by atoms with Crippen LogP contribution in [0.3, 0.4) is 0 Å². The van der Waals surface area contributed by atoms with Crippen molar-refractivity contribution in [1.82, 2.24) is 10.2 Å². The molecule has 1 atom stereocenters. The van der Waals surface area contributed by atoms with Gasteiger partial charge < -0.3 is 0 Å². The third-order valence-corrected chi connectivity index (χ3v) is 2.71. The maximum absolute atomic E-state index is 4.04. The Hall–Kier alpha value is -0.310. The largest absolute Gasteiger partial charge is 0.282 e. The zero-order valence-electron chi connectivity index (χ0n) is 7.60. The van der Waals surface area contributed by atoms with Crippen LogP contribution in [0.2, 0.25) is 0 Å². The first-order valence-corrected chi connectivity index (χ1v) is 5.49. The zero-order chi connectivity index (χ0) is 8.97. The summed E-state index contributed by atoms with van der Waals surface area (Å²) in [5.74, 6) is 0.602. The van der Waals surface area contributed by atoms with Crippen LogP contribution in [0.4, 0.5) is 0 Å². The van der Waals surface area contributed by atoms with Gasteiger partial charge >= 0.3 is 0 Å². The summed E-state index contributed by atoms with van der Waals surface area (Å²) in [6.07, 6.45) is 4.35. The molecule has 1 rings (SSSR count). The Morgan fingerprint density at radius 2 is 2.42 bits per heavy atom. The van der Waals surface area contributed by atoms with Crippen molar-refractivity contribution in [2.24, 2.45) is 0 Å². The average molecular weight is 231 g/mol. The molecule has 1 heterocycles. The van der Waals surface area contributed by atoms with Gasteiger partial charge in [0.1, 0.15) is 0 Å². The second-order valence-corrected chi connectivity index (χ2v) is 3.69. The molecule has 0 saturated carbocycles. The number of hydrogen-bond donors (Lipinski definition) is 1. The second-order valence-electron chi connectivity index (χ2n) is 3.13. The average Bonchev–Trinajstić information content (AvgIpc) is 2.51. The minimum Gasteiger partial charge on any atom is -0.282 e. The van der Waals surface area contributed by atoms with E-state index in [1.54, 1.807) is 0 Å². The van der Waals surface area contributed by atoms with E-state index in [-0.39, 0.29) is 0 Å². The fraction of sp³-hybridized carbons (Fsp3) is 0.667. The standard InChI is InChI=1S/C9H15BrN2/c1-3-4-7(2)9-8(5-10)6-11-12-9/h6-7H,3-5H2,1-2H3,(H,11,12). The van der Waals surface area contributed by atoms with Crippen molar-refractivity contribution in [3.63, 3.8) is 0 Å². The third kappa shape index (κ3) is 2.09. The van der Waals surface area contributed by atoms with E-state index >= 15 is 0 Å². The Kier molecular flexibility index (Phi) is 3.79. The van der Waals surface area contributed by atoms with E-state index in [1.807, 2.05) is 6.20 Å². The van der Waals surface area contributed by atoms with Crippen LogP contribution in [0.25, 0.3) is 0 Å². The Labute approximate surface area is 81.9 Å². The predicted octanol–water partition coefficient (Wildman–Crippen LogP) is 3.21. The molecule has 1 unspecified atom stereocenters. The van der Waals surface area contributed by atoms with Crippen LogP contribution in [-0.4, -0.2) is 10.2 Å². The van der Waals surface area contributed by atoms with Crippen molar-refractivity contribution >= 4 is 15.9 Å². The number of aromatic nitrogens is 2. The Morgan fingerprint density at radius 1 is 1.67 bits per heavy atom. The molecule has 2 nitrogen and oxygen atoms in total. The smallest absolute Gasteiger partial charge is 0.0530 e.